The molecule has 8 nitrogen and oxygen atoms in total. The van der Waals surface area contributed by atoms with E-state index in [1.165, 1.54) is 35.4 Å². The Morgan fingerprint density at radius 3 is 2.84 bits per heavy atom. The standard InChI is InChI=1S/C23H23FN6O2/c1-15-5-4-12-29(20(15)14-25-23-28-18-6-2-3-7-21(18)32-23)22(31)17-13-16(24)8-9-19(17)30-26-10-11-27-30/h2-3,6-11,13,15,20H,4-5,12,14H2,1H3,(H,25,28). The van der Waals surface area contributed by atoms with Crippen molar-refractivity contribution >= 4 is 23.0 Å². The summed E-state index contributed by atoms with van der Waals surface area (Å²) in [5, 5.41) is 11.5. The fourth-order valence-electron chi connectivity index (χ4n) is 4.30. The summed E-state index contributed by atoms with van der Waals surface area (Å²) in [7, 11) is 0. The molecule has 2 aromatic heterocycles. The number of nitrogens with one attached hydrogen (secondary N) is 1. The fraction of sp³-hybridized carbons (Fsp3) is 0.304. The summed E-state index contributed by atoms with van der Waals surface area (Å²) in [6, 6.07) is 12.0. The summed E-state index contributed by atoms with van der Waals surface area (Å²) in [4.78, 5) is 21.2. The quantitative estimate of drug-likeness (QED) is 0.513. The molecule has 1 N–H and O–H groups in total. The number of benzene rings is 2. The lowest BCUT2D eigenvalue weighted by molar-refractivity contribution is 0.0538. The maximum Gasteiger partial charge on any atom is 0.295 e. The van der Waals surface area contributed by atoms with E-state index in [4.69, 9.17) is 4.42 Å². The van der Waals surface area contributed by atoms with Crippen LogP contribution in [0, 0.1) is 11.7 Å². The Balaban J connectivity index is 1.41. The number of fused-ring (bicyclic) bond motifs is 1. The summed E-state index contributed by atoms with van der Waals surface area (Å²) in [6.07, 6.45) is 4.93. The second-order valence-corrected chi connectivity index (χ2v) is 8.03. The van der Waals surface area contributed by atoms with E-state index in [0.717, 1.165) is 18.4 Å². The molecule has 1 fully saturated rings. The molecule has 5 rings (SSSR count). The third-order valence-corrected chi connectivity index (χ3v) is 5.96. The predicted octanol–water partition coefficient (Wildman–Crippen LogP) is 3.90. The van der Waals surface area contributed by atoms with Gasteiger partial charge < -0.3 is 14.6 Å². The van der Waals surface area contributed by atoms with Crippen molar-refractivity contribution in [2.45, 2.75) is 25.8 Å². The van der Waals surface area contributed by atoms with Crippen molar-refractivity contribution in [2.75, 3.05) is 18.4 Å². The van der Waals surface area contributed by atoms with Gasteiger partial charge in [-0.15, -0.1) is 0 Å². The minimum absolute atomic E-state index is 0.104. The van der Waals surface area contributed by atoms with Crippen LogP contribution >= 0.6 is 0 Å². The van der Waals surface area contributed by atoms with Crippen LogP contribution in [0.25, 0.3) is 16.8 Å². The molecular weight excluding hydrogens is 411 g/mol. The molecule has 1 amide bonds. The summed E-state index contributed by atoms with van der Waals surface area (Å²) in [5.74, 6) is -0.465. The maximum atomic E-state index is 14.1. The number of piperidine rings is 1. The number of nitrogens with zero attached hydrogens (tertiary/aromatic N) is 5. The molecule has 1 aliphatic rings. The van der Waals surface area contributed by atoms with E-state index < -0.39 is 5.82 Å². The monoisotopic (exact) mass is 434 g/mol. The normalized spacial score (nSPS) is 18.8. The van der Waals surface area contributed by atoms with Crippen molar-refractivity contribution in [2.24, 2.45) is 5.92 Å². The van der Waals surface area contributed by atoms with Gasteiger partial charge in [-0.25, -0.2) is 4.39 Å². The third-order valence-electron chi connectivity index (χ3n) is 5.96. The van der Waals surface area contributed by atoms with Crippen molar-refractivity contribution < 1.29 is 13.6 Å². The highest BCUT2D eigenvalue weighted by molar-refractivity contribution is 5.98. The van der Waals surface area contributed by atoms with Gasteiger partial charge in [-0.3, -0.25) is 4.79 Å². The lowest BCUT2D eigenvalue weighted by Gasteiger charge is -2.40. The van der Waals surface area contributed by atoms with Crippen molar-refractivity contribution in [3.05, 3.63) is 66.2 Å². The Morgan fingerprint density at radius 2 is 2.03 bits per heavy atom. The molecular formula is C23H23FN6O2. The molecule has 0 bridgehead atoms. The first-order valence-corrected chi connectivity index (χ1v) is 10.7. The van der Waals surface area contributed by atoms with Crippen LogP contribution in [0.4, 0.5) is 10.4 Å². The third kappa shape index (κ3) is 3.81. The maximum absolute atomic E-state index is 14.1. The van der Waals surface area contributed by atoms with Crippen LogP contribution in [-0.2, 0) is 0 Å². The van der Waals surface area contributed by atoms with Crippen LogP contribution in [0.1, 0.15) is 30.1 Å². The van der Waals surface area contributed by atoms with Gasteiger partial charge in [-0.05, 0) is 49.1 Å². The minimum atomic E-state index is -0.476. The number of aromatic nitrogens is 4. The van der Waals surface area contributed by atoms with Crippen molar-refractivity contribution in [1.29, 1.82) is 0 Å². The molecule has 1 aliphatic heterocycles. The van der Waals surface area contributed by atoms with Crippen LogP contribution < -0.4 is 5.32 Å². The number of amides is 1. The van der Waals surface area contributed by atoms with Crippen LogP contribution in [0.3, 0.4) is 0 Å². The second kappa shape index (κ2) is 8.41. The number of carbonyl (C=O) groups is 1. The minimum Gasteiger partial charge on any atom is -0.424 e. The van der Waals surface area contributed by atoms with Gasteiger partial charge in [0, 0.05) is 13.1 Å². The van der Waals surface area contributed by atoms with Crippen LogP contribution in [0.15, 0.2) is 59.3 Å². The first-order chi connectivity index (χ1) is 15.6. The number of halogens is 1. The zero-order valence-corrected chi connectivity index (χ0v) is 17.6. The highest BCUT2D eigenvalue weighted by Gasteiger charge is 2.34. The average Bonchev–Trinajstić information content (AvgIpc) is 3.47. The number of likely N-dealkylation sites (tertiary alicyclic amines) is 1. The number of anilines is 1. The van der Waals surface area contributed by atoms with Gasteiger partial charge in [-0.2, -0.15) is 20.0 Å². The van der Waals surface area contributed by atoms with Crippen LogP contribution in [0.5, 0.6) is 0 Å². The first kappa shape index (κ1) is 20.2. The van der Waals surface area contributed by atoms with E-state index >= 15 is 0 Å². The summed E-state index contributed by atoms with van der Waals surface area (Å²) in [5.41, 5.74) is 2.17. The van der Waals surface area contributed by atoms with E-state index in [9.17, 15) is 9.18 Å². The molecule has 1 saturated heterocycles. The van der Waals surface area contributed by atoms with E-state index in [-0.39, 0.29) is 23.4 Å². The van der Waals surface area contributed by atoms with Crippen LogP contribution in [0.2, 0.25) is 0 Å². The largest absolute Gasteiger partial charge is 0.424 e. The summed E-state index contributed by atoms with van der Waals surface area (Å²) in [6.45, 7) is 3.19. The highest BCUT2D eigenvalue weighted by atomic mass is 19.1. The number of hydrogen-bond donors (Lipinski definition) is 1. The summed E-state index contributed by atoms with van der Waals surface area (Å²) >= 11 is 0. The molecule has 0 saturated carbocycles. The number of hydrogen-bond acceptors (Lipinski definition) is 6. The zero-order chi connectivity index (χ0) is 22.1. The molecule has 0 aliphatic carbocycles. The van der Waals surface area contributed by atoms with Gasteiger partial charge in [0.1, 0.15) is 11.3 Å². The highest BCUT2D eigenvalue weighted by Crippen LogP contribution is 2.28. The van der Waals surface area contributed by atoms with Gasteiger partial charge >= 0.3 is 0 Å². The van der Waals surface area contributed by atoms with Gasteiger partial charge in [-0.1, -0.05) is 19.1 Å². The molecule has 2 atom stereocenters. The molecule has 2 unspecified atom stereocenters. The molecule has 0 radical (unpaired) electrons. The van der Waals surface area contributed by atoms with Gasteiger partial charge in [0.15, 0.2) is 5.58 Å². The van der Waals surface area contributed by atoms with Crippen molar-refractivity contribution in [3.8, 4) is 5.69 Å². The summed E-state index contributed by atoms with van der Waals surface area (Å²) < 4.78 is 19.9. The Labute approximate surface area is 184 Å². The Kier molecular flexibility index (Phi) is 5.30. The molecule has 164 valence electrons. The zero-order valence-electron chi connectivity index (χ0n) is 17.6. The second-order valence-electron chi connectivity index (χ2n) is 8.03. The SMILES string of the molecule is CC1CCCN(C(=O)c2cc(F)ccc2-n2nccn2)C1CNc1nc2ccccc2o1. The predicted molar refractivity (Wildman–Crippen MR) is 117 cm³/mol. The van der Waals surface area contributed by atoms with E-state index in [2.05, 4.69) is 27.4 Å². The number of carbonyl (C=O) groups excluding carboxylic acids is 1. The molecule has 9 heteroatoms. The van der Waals surface area contributed by atoms with E-state index in [1.807, 2.05) is 29.2 Å². The molecule has 3 heterocycles. The Hall–Kier alpha value is -3.75. The fourth-order valence-corrected chi connectivity index (χ4v) is 4.30. The lowest BCUT2D eigenvalue weighted by Crippen LogP contribution is -2.51. The smallest absolute Gasteiger partial charge is 0.295 e. The molecule has 0 spiro atoms. The number of oxazole rings is 1. The van der Waals surface area contributed by atoms with E-state index in [0.29, 0.717) is 30.4 Å². The van der Waals surface area contributed by atoms with E-state index in [1.54, 1.807) is 0 Å². The molecule has 2 aromatic carbocycles. The topological polar surface area (TPSA) is 89.1 Å². The number of rotatable bonds is 5. The molecule has 4 aromatic rings. The lowest BCUT2D eigenvalue weighted by atomic mass is 9.90. The van der Waals surface area contributed by atoms with Gasteiger partial charge in [0.05, 0.1) is 29.7 Å². The van der Waals surface area contributed by atoms with Gasteiger partial charge in [0.25, 0.3) is 11.9 Å². The molecule has 32 heavy (non-hydrogen) atoms. The van der Waals surface area contributed by atoms with Crippen molar-refractivity contribution in [3.63, 3.8) is 0 Å². The van der Waals surface area contributed by atoms with Gasteiger partial charge in [0.2, 0.25) is 0 Å². The Morgan fingerprint density at radius 1 is 1.22 bits per heavy atom. The van der Waals surface area contributed by atoms with Crippen molar-refractivity contribution in [1.82, 2.24) is 24.9 Å². The van der Waals surface area contributed by atoms with Crippen LogP contribution in [-0.4, -0.2) is 49.9 Å². The number of para-hydroxylation sites is 2. The average molecular weight is 434 g/mol. The Bertz CT molecular complexity index is 1210. The first-order valence-electron chi connectivity index (χ1n) is 10.7.